The minimum absolute atomic E-state index is 0.0400. The van der Waals surface area contributed by atoms with Crippen LogP contribution in [0.2, 0.25) is 0 Å². The number of amides is 1. The number of carbonyl (C=O) groups excluding carboxylic acids is 1. The average molecular weight is 374 g/mol. The van der Waals surface area contributed by atoms with Crippen molar-refractivity contribution in [3.63, 3.8) is 0 Å². The molecule has 1 atom stereocenters. The molecule has 0 unspecified atom stereocenters. The van der Waals surface area contributed by atoms with Gasteiger partial charge in [0.1, 0.15) is 5.75 Å². The number of carbonyl (C=O) groups is 1. The maximum Gasteiger partial charge on any atom is 0.263 e. The van der Waals surface area contributed by atoms with Gasteiger partial charge < -0.3 is 10.1 Å². The van der Waals surface area contributed by atoms with Gasteiger partial charge in [-0.2, -0.15) is 0 Å². The zero-order valence-corrected chi connectivity index (χ0v) is 15.4. The monoisotopic (exact) mass is 374 g/mol. The van der Waals surface area contributed by atoms with E-state index in [1.54, 1.807) is 48.5 Å². The van der Waals surface area contributed by atoms with Gasteiger partial charge in [-0.05, 0) is 24.1 Å². The van der Waals surface area contributed by atoms with Gasteiger partial charge in [-0.15, -0.1) is 0 Å². The number of anilines is 1. The number of para-hydroxylation sites is 2. The van der Waals surface area contributed by atoms with Gasteiger partial charge in [-0.1, -0.05) is 49.4 Å². The van der Waals surface area contributed by atoms with E-state index in [2.05, 4.69) is 5.32 Å². The van der Waals surface area contributed by atoms with E-state index >= 15 is 0 Å². The Labute approximate surface area is 153 Å². The third-order valence-corrected chi connectivity index (χ3v) is 5.82. The van der Waals surface area contributed by atoms with Crippen LogP contribution in [0.3, 0.4) is 0 Å². The fourth-order valence-corrected chi connectivity index (χ4v) is 4.41. The van der Waals surface area contributed by atoms with Gasteiger partial charge in [0.15, 0.2) is 6.10 Å². The highest BCUT2D eigenvalue weighted by atomic mass is 32.2. The molecule has 7 heteroatoms. The van der Waals surface area contributed by atoms with Crippen molar-refractivity contribution < 1.29 is 17.9 Å². The fraction of sp³-hybridized carbons (Fsp3) is 0.316. The summed E-state index contributed by atoms with van der Waals surface area (Å²) < 4.78 is 33.1. The molecule has 0 spiro atoms. The molecule has 1 N–H and O–H groups in total. The Morgan fingerprint density at radius 2 is 1.85 bits per heavy atom. The van der Waals surface area contributed by atoms with Crippen LogP contribution in [0.15, 0.2) is 54.6 Å². The molecule has 3 rings (SSSR count). The Balaban J connectivity index is 1.90. The third-order valence-electron chi connectivity index (χ3n) is 4.10. The smallest absolute Gasteiger partial charge is 0.263 e. The van der Waals surface area contributed by atoms with Crippen molar-refractivity contribution in [3.05, 3.63) is 60.2 Å². The molecule has 6 nitrogen and oxygen atoms in total. The zero-order valence-electron chi connectivity index (χ0n) is 14.6. The standard InChI is InChI=1S/C19H22N2O4S/c1-2-12-20-19(22)18-13-21(16-10-6-7-11-17(16)25-18)26(23,24)14-15-8-4-3-5-9-15/h3-11,18H,2,12-14H2,1H3,(H,20,22)/t18-/m0/s1. The molecule has 2 aromatic rings. The molecule has 0 fully saturated rings. The molecular formula is C19H22N2O4S. The summed E-state index contributed by atoms with van der Waals surface area (Å²) in [6.07, 6.45) is -0.0765. The van der Waals surface area contributed by atoms with Crippen LogP contribution in [0, 0.1) is 0 Å². The first-order valence-electron chi connectivity index (χ1n) is 8.59. The van der Waals surface area contributed by atoms with Crippen molar-refractivity contribution >= 4 is 21.6 Å². The van der Waals surface area contributed by atoms with E-state index in [0.29, 0.717) is 23.5 Å². The molecule has 2 aromatic carbocycles. The van der Waals surface area contributed by atoms with Gasteiger partial charge in [0.2, 0.25) is 10.0 Å². The summed E-state index contributed by atoms with van der Waals surface area (Å²) in [6, 6.07) is 15.9. The number of fused-ring (bicyclic) bond motifs is 1. The number of hydrogen-bond acceptors (Lipinski definition) is 4. The molecule has 0 aromatic heterocycles. The summed E-state index contributed by atoms with van der Waals surface area (Å²) in [7, 11) is -3.66. The number of rotatable bonds is 6. The number of benzene rings is 2. The van der Waals surface area contributed by atoms with Crippen molar-refractivity contribution in [1.29, 1.82) is 0 Å². The number of hydrogen-bond donors (Lipinski definition) is 1. The summed E-state index contributed by atoms with van der Waals surface area (Å²) in [4.78, 5) is 12.3. The van der Waals surface area contributed by atoms with E-state index in [-0.39, 0.29) is 18.2 Å². The lowest BCUT2D eigenvalue weighted by Gasteiger charge is -2.34. The average Bonchev–Trinajstić information content (AvgIpc) is 2.65. The molecule has 26 heavy (non-hydrogen) atoms. The summed E-state index contributed by atoms with van der Waals surface area (Å²) >= 11 is 0. The lowest BCUT2D eigenvalue weighted by atomic mass is 10.2. The first-order valence-corrected chi connectivity index (χ1v) is 10.2. The number of ether oxygens (including phenoxy) is 1. The summed E-state index contributed by atoms with van der Waals surface area (Å²) in [5.41, 5.74) is 1.16. The van der Waals surface area contributed by atoms with Crippen molar-refractivity contribution in [1.82, 2.24) is 5.32 Å². The highest BCUT2D eigenvalue weighted by molar-refractivity contribution is 7.92. The molecule has 0 bridgehead atoms. The molecule has 1 heterocycles. The Morgan fingerprint density at radius 1 is 1.15 bits per heavy atom. The molecule has 1 amide bonds. The second-order valence-corrected chi connectivity index (χ2v) is 8.03. The minimum Gasteiger partial charge on any atom is -0.476 e. The summed E-state index contributed by atoms with van der Waals surface area (Å²) in [5, 5.41) is 2.77. The first kappa shape index (κ1) is 18.3. The first-order chi connectivity index (χ1) is 12.5. The molecule has 0 saturated heterocycles. The Morgan fingerprint density at radius 3 is 2.58 bits per heavy atom. The topological polar surface area (TPSA) is 75.7 Å². The van der Waals surface area contributed by atoms with Crippen molar-refractivity contribution in [2.24, 2.45) is 0 Å². The minimum atomic E-state index is -3.66. The number of nitrogens with one attached hydrogen (secondary N) is 1. The Hall–Kier alpha value is -2.54. The predicted octanol–water partition coefficient (Wildman–Crippen LogP) is 2.31. The predicted molar refractivity (Wildman–Crippen MR) is 101 cm³/mol. The van der Waals surface area contributed by atoms with Crippen molar-refractivity contribution in [2.75, 3.05) is 17.4 Å². The van der Waals surface area contributed by atoms with E-state index in [0.717, 1.165) is 6.42 Å². The lowest BCUT2D eigenvalue weighted by Crippen LogP contribution is -2.51. The van der Waals surface area contributed by atoms with Crippen LogP contribution in [-0.4, -0.2) is 33.5 Å². The Bertz CT molecular complexity index is 868. The second-order valence-electron chi connectivity index (χ2n) is 6.14. The maximum atomic E-state index is 13.0. The van der Waals surface area contributed by atoms with E-state index in [1.807, 2.05) is 13.0 Å². The molecule has 138 valence electrons. The van der Waals surface area contributed by atoms with Crippen LogP contribution in [0.25, 0.3) is 0 Å². The summed E-state index contributed by atoms with van der Waals surface area (Å²) in [5.74, 6) is -0.0424. The Kier molecular flexibility index (Phi) is 5.46. The molecule has 0 radical (unpaired) electrons. The molecule has 0 saturated carbocycles. The van der Waals surface area contributed by atoms with Gasteiger partial charge in [0.05, 0.1) is 18.0 Å². The van der Waals surface area contributed by atoms with Crippen LogP contribution in [0.1, 0.15) is 18.9 Å². The van der Waals surface area contributed by atoms with Crippen LogP contribution < -0.4 is 14.4 Å². The van der Waals surface area contributed by atoms with Crippen molar-refractivity contribution in [3.8, 4) is 5.75 Å². The number of sulfonamides is 1. The van der Waals surface area contributed by atoms with Crippen LogP contribution in [-0.2, 0) is 20.6 Å². The quantitative estimate of drug-likeness (QED) is 0.842. The van der Waals surface area contributed by atoms with E-state index in [1.165, 1.54) is 4.31 Å². The third kappa shape index (κ3) is 3.99. The second kappa shape index (κ2) is 7.78. The highest BCUT2D eigenvalue weighted by Crippen LogP contribution is 2.35. The van der Waals surface area contributed by atoms with Gasteiger partial charge >= 0.3 is 0 Å². The maximum absolute atomic E-state index is 13.0. The summed E-state index contributed by atoms with van der Waals surface area (Å²) in [6.45, 7) is 2.44. The van der Waals surface area contributed by atoms with Gasteiger partial charge in [0.25, 0.3) is 5.91 Å². The van der Waals surface area contributed by atoms with E-state index in [4.69, 9.17) is 4.74 Å². The molecule has 1 aliphatic heterocycles. The normalized spacial score (nSPS) is 16.5. The van der Waals surface area contributed by atoms with E-state index < -0.39 is 16.1 Å². The van der Waals surface area contributed by atoms with Crippen molar-refractivity contribution in [2.45, 2.75) is 25.2 Å². The SMILES string of the molecule is CCCNC(=O)[C@@H]1CN(S(=O)(=O)Cc2ccccc2)c2ccccc2O1. The zero-order chi connectivity index (χ0) is 18.6. The molecular weight excluding hydrogens is 352 g/mol. The van der Waals surface area contributed by atoms with Crippen LogP contribution >= 0.6 is 0 Å². The largest absolute Gasteiger partial charge is 0.476 e. The molecule has 0 aliphatic carbocycles. The van der Waals surface area contributed by atoms with Gasteiger partial charge in [-0.3, -0.25) is 9.10 Å². The highest BCUT2D eigenvalue weighted by Gasteiger charge is 2.36. The van der Waals surface area contributed by atoms with Gasteiger partial charge in [0, 0.05) is 6.54 Å². The molecule has 1 aliphatic rings. The fourth-order valence-electron chi connectivity index (χ4n) is 2.83. The van der Waals surface area contributed by atoms with Crippen LogP contribution in [0.5, 0.6) is 5.75 Å². The van der Waals surface area contributed by atoms with E-state index in [9.17, 15) is 13.2 Å². The lowest BCUT2D eigenvalue weighted by molar-refractivity contribution is -0.127. The number of nitrogens with zero attached hydrogens (tertiary/aromatic N) is 1. The van der Waals surface area contributed by atoms with Crippen LogP contribution in [0.4, 0.5) is 5.69 Å². The van der Waals surface area contributed by atoms with Gasteiger partial charge in [-0.25, -0.2) is 8.42 Å².